The van der Waals surface area contributed by atoms with Crippen LogP contribution in [-0.2, 0) is 0 Å². The topological polar surface area (TPSA) is 66.3 Å². The van der Waals surface area contributed by atoms with Crippen LogP contribution in [0.3, 0.4) is 0 Å². The van der Waals surface area contributed by atoms with Crippen molar-refractivity contribution in [3.63, 3.8) is 0 Å². The van der Waals surface area contributed by atoms with Crippen molar-refractivity contribution >= 4 is 16.9 Å². The first-order valence-corrected chi connectivity index (χ1v) is 5.98. The number of benzene rings is 1. The lowest BCUT2D eigenvalue weighted by Gasteiger charge is -2.20. The third-order valence-corrected chi connectivity index (χ3v) is 2.74. The normalized spacial score (nSPS) is 10.4. The summed E-state index contributed by atoms with van der Waals surface area (Å²) in [4.78, 5) is 22.3. The first kappa shape index (κ1) is 13.2. The Morgan fingerprint density at radius 3 is 2.89 bits per heavy atom. The van der Waals surface area contributed by atoms with Crippen LogP contribution in [0.4, 0.5) is 0 Å². The molecule has 0 aliphatic rings. The van der Waals surface area contributed by atoms with Crippen molar-refractivity contribution in [2.45, 2.75) is 0 Å². The Morgan fingerprint density at radius 1 is 1.37 bits per heavy atom. The molecule has 0 unspecified atom stereocenters. The van der Waals surface area contributed by atoms with Gasteiger partial charge in [-0.25, -0.2) is 0 Å². The van der Waals surface area contributed by atoms with Crippen molar-refractivity contribution in [1.82, 2.24) is 14.9 Å². The molecule has 1 amide bonds. The number of carbonyl (C=O) groups excluding carboxylic acids is 1. The minimum atomic E-state index is -0.181. The molecule has 1 heterocycles. The molecule has 19 heavy (non-hydrogen) atoms. The molecule has 0 aliphatic heterocycles. The van der Waals surface area contributed by atoms with Gasteiger partial charge in [0.2, 0.25) is 0 Å². The molecule has 2 aromatic rings. The Labute approximate surface area is 111 Å². The van der Waals surface area contributed by atoms with Gasteiger partial charge in [0.1, 0.15) is 5.52 Å². The number of nitrogens with zero attached hydrogens (tertiary/aromatic N) is 3. The van der Waals surface area contributed by atoms with E-state index in [-0.39, 0.29) is 19.1 Å². The van der Waals surface area contributed by atoms with Gasteiger partial charge in [-0.3, -0.25) is 14.8 Å². The van der Waals surface area contributed by atoms with Crippen LogP contribution in [0.25, 0.3) is 11.0 Å². The highest BCUT2D eigenvalue weighted by atomic mass is 16.3. The van der Waals surface area contributed by atoms with E-state index in [0.717, 1.165) is 0 Å². The summed E-state index contributed by atoms with van der Waals surface area (Å²) in [5.41, 5.74) is 1.74. The fraction of sp³-hybridized carbons (Fsp3) is 0.214. The summed E-state index contributed by atoms with van der Waals surface area (Å²) in [6.45, 7) is 4.18. The van der Waals surface area contributed by atoms with E-state index in [1.165, 1.54) is 4.90 Å². The van der Waals surface area contributed by atoms with E-state index in [1.807, 2.05) is 6.07 Å². The number of fused-ring (bicyclic) bond motifs is 1. The van der Waals surface area contributed by atoms with Gasteiger partial charge in [-0.15, -0.1) is 6.58 Å². The van der Waals surface area contributed by atoms with E-state index in [1.54, 1.807) is 30.6 Å². The Balaban J connectivity index is 2.42. The summed E-state index contributed by atoms with van der Waals surface area (Å²) >= 11 is 0. The predicted octanol–water partition coefficient (Wildman–Crippen LogP) is 1.25. The van der Waals surface area contributed by atoms with Crippen LogP contribution in [0, 0.1) is 0 Å². The quantitative estimate of drug-likeness (QED) is 0.819. The lowest BCUT2D eigenvalue weighted by atomic mass is 10.1. The number of rotatable bonds is 5. The smallest absolute Gasteiger partial charge is 0.256 e. The Morgan fingerprint density at radius 2 is 2.16 bits per heavy atom. The standard InChI is InChI=1S/C14H15N3O2/c1-2-8-17(9-10-18)14(19)11-4-3-5-12-13(11)16-7-6-15-12/h2-7,18H,1,8-10H2. The second-order valence-corrected chi connectivity index (χ2v) is 3.99. The molecule has 0 spiro atoms. The molecule has 1 aromatic carbocycles. The van der Waals surface area contributed by atoms with Crippen LogP contribution in [0.1, 0.15) is 10.4 Å². The molecule has 5 nitrogen and oxygen atoms in total. The maximum atomic E-state index is 12.4. The zero-order chi connectivity index (χ0) is 13.7. The van der Waals surface area contributed by atoms with Gasteiger partial charge in [-0.1, -0.05) is 12.1 Å². The van der Waals surface area contributed by atoms with Crippen molar-refractivity contribution in [1.29, 1.82) is 0 Å². The third kappa shape index (κ3) is 2.77. The minimum Gasteiger partial charge on any atom is -0.395 e. The van der Waals surface area contributed by atoms with Gasteiger partial charge < -0.3 is 10.0 Å². The highest BCUT2D eigenvalue weighted by Gasteiger charge is 2.17. The number of aromatic nitrogens is 2. The van der Waals surface area contributed by atoms with E-state index >= 15 is 0 Å². The van der Waals surface area contributed by atoms with Crippen LogP contribution in [0.2, 0.25) is 0 Å². The van der Waals surface area contributed by atoms with Crippen molar-refractivity contribution in [2.24, 2.45) is 0 Å². The molecular weight excluding hydrogens is 242 g/mol. The van der Waals surface area contributed by atoms with Gasteiger partial charge in [-0.2, -0.15) is 0 Å². The van der Waals surface area contributed by atoms with E-state index in [0.29, 0.717) is 23.1 Å². The molecule has 0 radical (unpaired) electrons. The van der Waals surface area contributed by atoms with Crippen LogP contribution >= 0.6 is 0 Å². The molecule has 0 saturated carbocycles. The number of amides is 1. The van der Waals surface area contributed by atoms with Gasteiger partial charge >= 0.3 is 0 Å². The molecule has 5 heteroatoms. The molecule has 2 rings (SSSR count). The second kappa shape index (κ2) is 6.06. The maximum Gasteiger partial charge on any atom is 0.256 e. The van der Waals surface area contributed by atoms with Crippen molar-refractivity contribution in [3.8, 4) is 0 Å². The summed E-state index contributed by atoms with van der Waals surface area (Å²) in [7, 11) is 0. The summed E-state index contributed by atoms with van der Waals surface area (Å²) in [6.07, 6.45) is 4.78. The number of aliphatic hydroxyl groups excluding tert-OH is 1. The summed E-state index contributed by atoms with van der Waals surface area (Å²) in [5, 5.41) is 9.02. The highest BCUT2D eigenvalue weighted by molar-refractivity contribution is 6.04. The fourth-order valence-corrected chi connectivity index (χ4v) is 1.89. The molecule has 1 N–H and O–H groups in total. The number of carbonyl (C=O) groups is 1. The van der Waals surface area contributed by atoms with Crippen LogP contribution < -0.4 is 0 Å². The molecule has 0 aliphatic carbocycles. The third-order valence-electron chi connectivity index (χ3n) is 2.74. The number of hydrogen-bond acceptors (Lipinski definition) is 4. The van der Waals surface area contributed by atoms with E-state index in [2.05, 4.69) is 16.5 Å². The monoisotopic (exact) mass is 257 g/mol. The van der Waals surface area contributed by atoms with E-state index < -0.39 is 0 Å². The molecule has 0 bridgehead atoms. The lowest BCUT2D eigenvalue weighted by Crippen LogP contribution is -2.33. The first-order valence-electron chi connectivity index (χ1n) is 5.98. The summed E-state index contributed by atoms with van der Waals surface area (Å²) < 4.78 is 0. The molecule has 0 fully saturated rings. The van der Waals surface area contributed by atoms with Crippen LogP contribution in [0.5, 0.6) is 0 Å². The lowest BCUT2D eigenvalue weighted by molar-refractivity contribution is 0.0744. The summed E-state index contributed by atoms with van der Waals surface area (Å²) in [5.74, 6) is -0.181. The second-order valence-electron chi connectivity index (χ2n) is 3.99. The average molecular weight is 257 g/mol. The van der Waals surface area contributed by atoms with E-state index in [4.69, 9.17) is 5.11 Å². The van der Waals surface area contributed by atoms with Crippen molar-refractivity contribution in [3.05, 3.63) is 48.8 Å². The van der Waals surface area contributed by atoms with Gasteiger partial charge in [0, 0.05) is 25.5 Å². The van der Waals surface area contributed by atoms with Crippen molar-refractivity contribution in [2.75, 3.05) is 19.7 Å². The Hall–Kier alpha value is -2.27. The summed E-state index contributed by atoms with van der Waals surface area (Å²) in [6, 6.07) is 5.30. The zero-order valence-corrected chi connectivity index (χ0v) is 10.5. The largest absolute Gasteiger partial charge is 0.395 e. The number of para-hydroxylation sites is 1. The van der Waals surface area contributed by atoms with E-state index in [9.17, 15) is 4.79 Å². The minimum absolute atomic E-state index is 0.0873. The molecule has 0 saturated heterocycles. The fourth-order valence-electron chi connectivity index (χ4n) is 1.89. The number of hydrogen-bond donors (Lipinski definition) is 1. The van der Waals surface area contributed by atoms with Crippen molar-refractivity contribution < 1.29 is 9.90 Å². The SMILES string of the molecule is C=CCN(CCO)C(=O)c1cccc2nccnc12. The van der Waals surface area contributed by atoms with Gasteiger partial charge in [0.05, 0.1) is 17.7 Å². The van der Waals surface area contributed by atoms with Gasteiger partial charge in [0.15, 0.2) is 0 Å². The highest BCUT2D eigenvalue weighted by Crippen LogP contribution is 2.15. The molecular formula is C14H15N3O2. The molecule has 1 aromatic heterocycles. The molecule has 98 valence electrons. The Bertz CT molecular complexity index is 593. The first-order chi connectivity index (χ1) is 9.27. The average Bonchev–Trinajstić information content (AvgIpc) is 2.46. The number of aliphatic hydroxyl groups is 1. The van der Waals surface area contributed by atoms with Crippen LogP contribution in [-0.4, -0.2) is 45.6 Å². The zero-order valence-electron chi connectivity index (χ0n) is 10.5. The maximum absolute atomic E-state index is 12.4. The van der Waals surface area contributed by atoms with Crippen LogP contribution in [0.15, 0.2) is 43.2 Å². The Kier molecular flexibility index (Phi) is 4.20. The molecule has 0 atom stereocenters. The predicted molar refractivity (Wildman–Crippen MR) is 72.7 cm³/mol. The van der Waals surface area contributed by atoms with Gasteiger partial charge in [0.25, 0.3) is 5.91 Å². The van der Waals surface area contributed by atoms with Gasteiger partial charge in [-0.05, 0) is 12.1 Å².